The lowest BCUT2D eigenvalue weighted by Crippen LogP contribution is -2.37. The summed E-state index contributed by atoms with van der Waals surface area (Å²) in [6.45, 7) is 0.412. The summed E-state index contributed by atoms with van der Waals surface area (Å²) in [5, 5.41) is 3.10. The third-order valence-electron chi connectivity index (χ3n) is 4.18. The van der Waals surface area contributed by atoms with Gasteiger partial charge in [-0.2, -0.15) is 0 Å². The third-order valence-corrected chi connectivity index (χ3v) is 4.18. The Bertz CT molecular complexity index is 599. The summed E-state index contributed by atoms with van der Waals surface area (Å²) >= 11 is 0. The minimum absolute atomic E-state index is 0.0279. The van der Waals surface area contributed by atoms with E-state index < -0.39 is 0 Å². The number of carbonyl (C=O) groups is 1. The Labute approximate surface area is 125 Å². The molecule has 3 rings (SSSR count). The van der Waals surface area contributed by atoms with Crippen molar-refractivity contribution in [3.8, 4) is 0 Å². The normalized spacial score (nSPS) is 15.5. The first kappa shape index (κ1) is 13.8. The van der Waals surface area contributed by atoms with Gasteiger partial charge in [-0.25, -0.2) is 0 Å². The Hall–Kier alpha value is -2.13. The number of hydrogen-bond acceptors (Lipinski definition) is 2. The molecular weight excluding hydrogens is 260 g/mol. The van der Waals surface area contributed by atoms with Crippen LogP contribution < -0.4 is 11.1 Å². The molecule has 3 nitrogen and oxygen atoms in total. The molecule has 0 fully saturated rings. The van der Waals surface area contributed by atoms with Crippen molar-refractivity contribution in [1.29, 1.82) is 0 Å². The van der Waals surface area contributed by atoms with Crippen LogP contribution >= 0.6 is 0 Å². The molecule has 0 bridgehead atoms. The van der Waals surface area contributed by atoms with Crippen LogP contribution in [0.5, 0.6) is 0 Å². The number of benzene rings is 2. The zero-order valence-corrected chi connectivity index (χ0v) is 12.0. The second kappa shape index (κ2) is 6.10. The van der Waals surface area contributed by atoms with Crippen LogP contribution in [0, 0.1) is 5.92 Å². The van der Waals surface area contributed by atoms with Crippen molar-refractivity contribution in [3.05, 3.63) is 71.3 Å². The molecule has 108 valence electrons. The van der Waals surface area contributed by atoms with Gasteiger partial charge in [0, 0.05) is 12.5 Å². The quantitative estimate of drug-likeness (QED) is 0.902. The lowest BCUT2D eigenvalue weighted by atomic mass is 10.0. The zero-order chi connectivity index (χ0) is 14.7. The van der Waals surface area contributed by atoms with E-state index in [0.717, 1.165) is 18.4 Å². The van der Waals surface area contributed by atoms with Crippen molar-refractivity contribution >= 4 is 5.91 Å². The summed E-state index contributed by atoms with van der Waals surface area (Å²) in [7, 11) is 0. The lowest BCUT2D eigenvalue weighted by Gasteiger charge is -2.19. The van der Waals surface area contributed by atoms with Gasteiger partial charge in [-0.15, -0.1) is 0 Å². The van der Waals surface area contributed by atoms with E-state index in [-0.39, 0.29) is 17.9 Å². The molecule has 1 atom stereocenters. The van der Waals surface area contributed by atoms with E-state index in [9.17, 15) is 4.79 Å². The van der Waals surface area contributed by atoms with Gasteiger partial charge in [0.2, 0.25) is 5.91 Å². The Morgan fingerprint density at radius 1 is 1.05 bits per heavy atom. The molecule has 21 heavy (non-hydrogen) atoms. The minimum atomic E-state index is -0.109. The van der Waals surface area contributed by atoms with Crippen LogP contribution in [-0.2, 0) is 17.6 Å². The van der Waals surface area contributed by atoms with Gasteiger partial charge in [-0.05, 0) is 29.5 Å². The molecule has 2 aromatic rings. The highest BCUT2D eigenvalue weighted by Crippen LogP contribution is 2.27. The van der Waals surface area contributed by atoms with E-state index in [4.69, 9.17) is 5.73 Å². The average Bonchev–Trinajstić information content (AvgIpc) is 2.97. The number of nitrogens with one attached hydrogen (secondary N) is 1. The van der Waals surface area contributed by atoms with E-state index in [1.54, 1.807) is 0 Å². The summed E-state index contributed by atoms with van der Waals surface area (Å²) in [6, 6.07) is 18.1. The molecule has 0 spiro atoms. The largest absolute Gasteiger partial charge is 0.348 e. The van der Waals surface area contributed by atoms with Crippen molar-refractivity contribution in [2.24, 2.45) is 11.7 Å². The molecule has 1 aliphatic rings. The number of carbonyl (C=O) groups excluding carboxylic acids is 1. The SMILES string of the molecule is NCC(NC(=O)C1Cc2ccccc2C1)c1ccccc1. The topological polar surface area (TPSA) is 55.1 Å². The van der Waals surface area contributed by atoms with E-state index in [2.05, 4.69) is 17.4 Å². The van der Waals surface area contributed by atoms with Gasteiger partial charge in [-0.1, -0.05) is 54.6 Å². The number of hydrogen-bond donors (Lipinski definition) is 2. The van der Waals surface area contributed by atoms with Crippen LogP contribution in [0.4, 0.5) is 0 Å². The fourth-order valence-corrected chi connectivity index (χ4v) is 3.00. The number of fused-ring (bicyclic) bond motifs is 1. The maximum atomic E-state index is 12.5. The fraction of sp³-hybridized carbons (Fsp3) is 0.278. The number of amides is 1. The number of rotatable bonds is 4. The summed E-state index contributed by atoms with van der Waals surface area (Å²) in [6.07, 6.45) is 1.65. The van der Waals surface area contributed by atoms with E-state index in [1.165, 1.54) is 11.1 Å². The van der Waals surface area contributed by atoms with Crippen molar-refractivity contribution in [2.45, 2.75) is 18.9 Å². The highest BCUT2D eigenvalue weighted by atomic mass is 16.1. The first-order valence-electron chi connectivity index (χ1n) is 7.40. The van der Waals surface area contributed by atoms with Crippen LogP contribution in [0.2, 0.25) is 0 Å². The standard InChI is InChI=1S/C18H20N2O/c19-12-17(13-6-2-1-3-7-13)20-18(21)16-10-14-8-4-5-9-15(14)11-16/h1-9,16-17H,10-12,19H2,(H,20,21). The number of nitrogens with two attached hydrogens (primary N) is 1. The van der Waals surface area contributed by atoms with Gasteiger partial charge < -0.3 is 11.1 Å². The van der Waals surface area contributed by atoms with Crippen LogP contribution in [0.3, 0.4) is 0 Å². The highest BCUT2D eigenvalue weighted by Gasteiger charge is 2.28. The Balaban J connectivity index is 1.67. The van der Waals surface area contributed by atoms with E-state index in [1.807, 2.05) is 42.5 Å². The van der Waals surface area contributed by atoms with Crippen molar-refractivity contribution in [1.82, 2.24) is 5.32 Å². The maximum Gasteiger partial charge on any atom is 0.224 e. The van der Waals surface area contributed by atoms with Crippen LogP contribution in [-0.4, -0.2) is 12.5 Å². The van der Waals surface area contributed by atoms with E-state index in [0.29, 0.717) is 6.54 Å². The van der Waals surface area contributed by atoms with Gasteiger partial charge in [0.15, 0.2) is 0 Å². The molecule has 0 saturated heterocycles. The third kappa shape index (κ3) is 2.98. The average molecular weight is 280 g/mol. The molecule has 1 unspecified atom stereocenters. The minimum Gasteiger partial charge on any atom is -0.348 e. The molecule has 0 heterocycles. The monoisotopic (exact) mass is 280 g/mol. The molecule has 1 aliphatic carbocycles. The predicted octanol–water partition coefficient (Wildman–Crippen LogP) is 2.22. The van der Waals surface area contributed by atoms with Gasteiger partial charge in [0.1, 0.15) is 0 Å². The van der Waals surface area contributed by atoms with Crippen molar-refractivity contribution in [2.75, 3.05) is 6.54 Å². The van der Waals surface area contributed by atoms with Crippen LogP contribution in [0.25, 0.3) is 0 Å². The maximum absolute atomic E-state index is 12.5. The Kier molecular flexibility index (Phi) is 4.02. The smallest absolute Gasteiger partial charge is 0.224 e. The molecule has 0 aliphatic heterocycles. The lowest BCUT2D eigenvalue weighted by molar-refractivity contribution is -0.125. The highest BCUT2D eigenvalue weighted by molar-refractivity contribution is 5.80. The van der Waals surface area contributed by atoms with Gasteiger partial charge in [0.25, 0.3) is 0 Å². The summed E-state index contributed by atoms with van der Waals surface area (Å²) in [5.74, 6) is 0.130. The van der Waals surface area contributed by atoms with Crippen molar-refractivity contribution < 1.29 is 4.79 Å². The van der Waals surface area contributed by atoms with E-state index >= 15 is 0 Å². The Morgan fingerprint density at radius 2 is 1.62 bits per heavy atom. The molecule has 0 aromatic heterocycles. The molecular formula is C18H20N2O. The molecule has 0 radical (unpaired) electrons. The molecule has 3 N–H and O–H groups in total. The van der Waals surface area contributed by atoms with Crippen LogP contribution in [0.1, 0.15) is 22.7 Å². The molecule has 2 aromatic carbocycles. The van der Waals surface area contributed by atoms with Crippen molar-refractivity contribution in [3.63, 3.8) is 0 Å². The first-order chi connectivity index (χ1) is 10.3. The molecule has 3 heteroatoms. The summed E-state index contributed by atoms with van der Waals surface area (Å²) < 4.78 is 0. The summed E-state index contributed by atoms with van der Waals surface area (Å²) in [4.78, 5) is 12.5. The van der Waals surface area contributed by atoms with Gasteiger partial charge in [0.05, 0.1) is 6.04 Å². The molecule has 1 amide bonds. The molecule has 0 saturated carbocycles. The summed E-state index contributed by atoms with van der Waals surface area (Å²) in [5.41, 5.74) is 9.47. The first-order valence-corrected chi connectivity index (χ1v) is 7.40. The second-order valence-corrected chi connectivity index (χ2v) is 5.58. The second-order valence-electron chi connectivity index (χ2n) is 5.58. The Morgan fingerprint density at radius 3 is 2.19 bits per heavy atom. The van der Waals surface area contributed by atoms with Gasteiger partial charge in [-0.3, -0.25) is 4.79 Å². The zero-order valence-electron chi connectivity index (χ0n) is 12.0. The van der Waals surface area contributed by atoms with Crippen LogP contribution in [0.15, 0.2) is 54.6 Å². The predicted molar refractivity (Wildman–Crippen MR) is 83.7 cm³/mol. The fourth-order valence-electron chi connectivity index (χ4n) is 3.00. The van der Waals surface area contributed by atoms with Gasteiger partial charge >= 0.3 is 0 Å².